The highest BCUT2D eigenvalue weighted by atomic mass is 32.1. The fourth-order valence-corrected chi connectivity index (χ4v) is 2.89. The van der Waals surface area contributed by atoms with Crippen molar-refractivity contribution in [2.45, 2.75) is 0 Å². The van der Waals surface area contributed by atoms with Gasteiger partial charge in [-0.15, -0.1) is 5.10 Å². The summed E-state index contributed by atoms with van der Waals surface area (Å²) in [5.74, 6) is 0.824. The highest BCUT2D eigenvalue weighted by Gasteiger charge is 2.24. The molecule has 1 fully saturated rings. The van der Waals surface area contributed by atoms with E-state index in [1.807, 2.05) is 29.2 Å². The number of aromatic nitrogens is 2. The molecule has 2 heterocycles. The van der Waals surface area contributed by atoms with Crippen LogP contribution in [0, 0.1) is 0 Å². The zero-order valence-corrected chi connectivity index (χ0v) is 12.5. The second-order valence-electron chi connectivity index (χ2n) is 4.74. The molecule has 0 spiro atoms. The van der Waals surface area contributed by atoms with E-state index in [0.717, 1.165) is 24.5 Å². The lowest BCUT2D eigenvalue weighted by Gasteiger charge is -2.36. The second kappa shape index (κ2) is 6.09. The van der Waals surface area contributed by atoms with Gasteiger partial charge in [-0.1, -0.05) is 16.6 Å². The van der Waals surface area contributed by atoms with E-state index < -0.39 is 0 Å². The average Bonchev–Trinajstić information content (AvgIpc) is 3.09. The quantitative estimate of drug-likeness (QED) is 0.860. The molecular formula is C14H16N4O2S. The molecule has 1 aliphatic rings. The van der Waals surface area contributed by atoms with Crippen molar-refractivity contribution in [3.05, 3.63) is 35.3 Å². The van der Waals surface area contributed by atoms with Crippen LogP contribution in [0.5, 0.6) is 5.75 Å². The maximum atomic E-state index is 12.2. The fraction of sp³-hybridized carbons (Fsp3) is 0.357. The lowest BCUT2D eigenvalue weighted by molar-refractivity contribution is 0.0741. The summed E-state index contributed by atoms with van der Waals surface area (Å²) in [7, 11) is 1.67. The van der Waals surface area contributed by atoms with Gasteiger partial charge in [0, 0.05) is 31.6 Å². The number of ether oxygens (including phenoxy) is 1. The molecule has 0 N–H and O–H groups in total. The van der Waals surface area contributed by atoms with Crippen LogP contribution >= 0.6 is 11.5 Å². The molecule has 0 aliphatic carbocycles. The van der Waals surface area contributed by atoms with Crippen molar-refractivity contribution >= 4 is 23.1 Å². The number of carbonyl (C=O) groups is 1. The third kappa shape index (κ3) is 2.82. The molecule has 0 bridgehead atoms. The number of rotatable bonds is 3. The number of methoxy groups -OCH3 is 1. The lowest BCUT2D eigenvalue weighted by atomic mass is 10.2. The number of hydrogen-bond acceptors (Lipinski definition) is 6. The van der Waals surface area contributed by atoms with Crippen LogP contribution in [0.15, 0.2) is 29.6 Å². The third-order valence-electron chi connectivity index (χ3n) is 3.57. The van der Waals surface area contributed by atoms with Crippen molar-refractivity contribution in [3.63, 3.8) is 0 Å². The van der Waals surface area contributed by atoms with E-state index >= 15 is 0 Å². The van der Waals surface area contributed by atoms with Gasteiger partial charge in [0.2, 0.25) is 0 Å². The van der Waals surface area contributed by atoms with Gasteiger partial charge in [0.15, 0.2) is 5.69 Å². The number of benzene rings is 1. The number of amides is 1. The highest BCUT2D eigenvalue weighted by Crippen LogP contribution is 2.28. The largest absolute Gasteiger partial charge is 0.495 e. The van der Waals surface area contributed by atoms with Crippen molar-refractivity contribution in [2.24, 2.45) is 0 Å². The van der Waals surface area contributed by atoms with Gasteiger partial charge in [-0.05, 0) is 23.7 Å². The Kier molecular flexibility index (Phi) is 4.01. The minimum atomic E-state index is -0.0385. The van der Waals surface area contributed by atoms with Crippen molar-refractivity contribution in [1.82, 2.24) is 14.5 Å². The molecule has 0 radical (unpaired) electrons. The zero-order valence-electron chi connectivity index (χ0n) is 11.7. The summed E-state index contributed by atoms with van der Waals surface area (Å²) in [6.45, 7) is 2.91. The molecule has 7 heteroatoms. The Bertz CT molecular complexity index is 609. The fourth-order valence-electron chi connectivity index (χ4n) is 2.46. The minimum Gasteiger partial charge on any atom is -0.495 e. The Hall–Kier alpha value is -2.15. The predicted molar refractivity (Wildman–Crippen MR) is 81.0 cm³/mol. The number of anilines is 1. The first-order valence-corrected chi connectivity index (χ1v) is 7.57. The van der Waals surface area contributed by atoms with E-state index in [4.69, 9.17) is 4.74 Å². The summed E-state index contributed by atoms with van der Waals surface area (Å²) in [5, 5.41) is 5.53. The lowest BCUT2D eigenvalue weighted by Crippen LogP contribution is -2.49. The third-order valence-corrected chi connectivity index (χ3v) is 4.08. The van der Waals surface area contributed by atoms with E-state index in [1.54, 1.807) is 12.5 Å². The molecule has 0 unspecified atom stereocenters. The van der Waals surface area contributed by atoms with Crippen LogP contribution in [0.2, 0.25) is 0 Å². The maximum Gasteiger partial charge on any atom is 0.275 e. The van der Waals surface area contributed by atoms with Gasteiger partial charge in [0.25, 0.3) is 5.91 Å². The van der Waals surface area contributed by atoms with Crippen LogP contribution in [0.25, 0.3) is 0 Å². The number of piperazine rings is 1. The molecule has 3 rings (SSSR count). The van der Waals surface area contributed by atoms with Gasteiger partial charge in [-0.3, -0.25) is 4.79 Å². The summed E-state index contributed by atoms with van der Waals surface area (Å²) in [5.41, 5.74) is 1.51. The predicted octanol–water partition coefficient (Wildman–Crippen LogP) is 1.51. The van der Waals surface area contributed by atoms with E-state index in [-0.39, 0.29) is 5.91 Å². The van der Waals surface area contributed by atoms with E-state index in [9.17, 15) is 4.79 Å². The van der Waals surface area contributed by atoms with Gasteiger partial charge in [-0.2, -0.15) is 0 Å². The molecule has 1 aromatic carbocycles. The first kappa shape index (κ1) is 13.8. The van der Waals surface area contributed by atoms with Crippen LogP contribution < -0.4 is 9.64 Å². The van der Waals surface area contributed by atoms with Crippen LogP contribution in [-0.4, -0.2) is 53.7 Å². The number of nitrogens with zero attached hydrogens (tertiary/aromatic N) is 4. The Morgan fingerprint density at radius 1 is 1.24 bits per heavy atom. The molecule has 21 heavy (non-hydrogen) atoms. The molecule has 1 saturated heterocycles. The summed E-state index contributed by atoms with van der Waals surface area (Å²) < 4.78 is 9.13. The standard InChI is InChI=1S/C14H16N4O2S/c1-20-13-5-3-2-4-12(13)17-6-8-18(9-7-17)14(19)11-10-21-16-15-11/h2-5,10H,6-9H2,1H3. The molecule has 1 amide bonds. The van der Waals surface area contributed by atoms with Gasteiger partial charge in [0.05, 0.1) is 12.8 Å². The zero-order chi connectivity index (χ0) is 14.7. The van der Waals surface area contributed by atoms with Gasteiger partial charge in [-0.25, -0.2) is 0 Å². The molecule has 6 nitrogen and oxygen atoms in total. The van der Waals surface area contributed by atoms with E-state index in [0.29, 0.717) is 18.8 Å². The molecule has 1 aromatic heterocycles. The number of para-hydroxylation sites is 2. The van der Waals surface area contributed by atoms with Crippen molar-refractivity contribution in [1.29, 1.82) is 0 Å². The van der Waals surface area contributed by atoms with Crippen molar-refractivity contribution < 1.29 is 9.53 Å². The van der Waals surface area contributed by atoms with Crippen molar-refractivity contribution in [3.8, 4) is 5.75 Å². The van der Waals surface area contributed by atoms with E-state index in [2.05, 4.69) is 14.5 Å². The number of hydrogen-bond donors (Lipinski definition) is 0. The Labute approximate surface area is 127 Å². The average molecular weight is 304 g/mol. The minimum absolute atomic E-state index is 0.0385. The Balaban J connectivity index is 1.66. The second-order valence-corrected chi connectivity index (χ2v) is 5.35. The molecule has 2 aromatic rings. The number of carbonyl (C=O) groups excluding carboxylic acids is 1. The van der Waals surface area contributed by atoms with E-state index in [1.165, 1.54) is 11.5 Å². The van der Waals surface area contributed by atoms with Crippen LogP contribution in [0.4, 0.5) is 5.69 Å². The normalized spacial score (nSPS) is 15.1. The molecular weight excluding hydrogens is 288 g/mol. The van der Waals surface area contributed by atoms with Crippen LogP contribution in [-0.2, 0) is 0 Å². The Morgan fingerprint density at radius 2 is 2.00 bits per heavy atom. The van der Waals surface area contributed by atoms with Gasteiger partial charge < -0.3 is 14.5 Å². The first-order chi connectivity index (χ1) is 10.3. The molecule has 1 aliphatic heterocycles. The maximum absolute atomic E-state index is 12.2. The summed E-state index contributed by atoms with van der Waals surface area (Å²) in [6.07, 6.45) is 0. The first-order valence-electron chi connectivity index (χ1n) is 6.74. The summed E-state index contributed by atoms with van der Waals surface area (Å²) >= 11 is 1.20. The summed E-state index contributed by atoms with van der Waals surface area (Å²) in [6, 6.07) is 7.95. The van der Waals surface area contributed by atoms with Crippen LogP contribution in [0.3, 0.4) is 0 Å². The van der Waals surface area contributed by atoms with Gasteiger partial charge >= 0.3 is 0 Å². The van der Waals surface area contributed by atoms with Crippen LogP contribution in [0.1, 0.15) is 10.5 Å². The van der Waals surface area contributed by atoms with Gasteiger partial charge in [0.1, 0.15) is 5.75 Å². The highest BCUT2D eigenvalue weighted by molar-refractivity contribution is 7.03. The molecule has 110 valence electrons. The summed E-state index contributed by atoms with van der Waals surface area (Å²) in [4.78, 5) is 16.3. The monoisotopic (exact) mass is 304 g/mol. The molecule has 0 saturated carbocycles. The smallest absolute Gasteiger partial charge is 0.275 e. The Morgan fingerprint density at radius 3 is 2.67 bits per heavy atom. The van der Waals surface area contributed by atoms with Crippen molar-refractivity contribution in [2.75, 3.05) is 38.2 Å². The topological polar surface area (TPSA) is 58.6 Å². The SMILES string of the molecule is COc1ccccc1N1CCN(C(=O)c2csnn2)CC1. The molecule has 0 atom stereocenters.